The SMILES string of the molecule is CNCc1ccc(OCCCOC)cn1. The molecular weight excluding hydrogens is 192 g/mol. The summed E-state index contributed by atoms with van der Waals surface area (Å²) in [5.74, 6) is 0.811. The Kier molecular flexibility index (Phi) is 5.73. The summed E-state index contributed by atoms with van der Waals surface area (Å²) in [6.07, 6.45) is 2.65. The van der Waals surface area contributed by atoms with Crippen LogP contribution in [0.15, 0.2) is 18.3 Å². The van der Waals surface area contributed by atoms with Gasteiger partial charge in [-0.2, -0.15) is 0 Å². The van der Waals surface area contributed by atoms with E-state index in [0.29, 0.717) is 6.61 Å². The topological polar surface area (TPSA) is 43.4 Å². The van der Waals surface area contributed by atoms with E-state index in [1.165, 1.54) is 0 Å². The first-order chi connectivity index (χ1) is 7.36. The van der Waals surface area contributed by atoms with Crippen molar-refractivity contribution in [2.75, 3.05) is 27.4 Å². The monoisotopic (exact) mass is 210 g/mol. The van der Waals surface area contributed by atoms with Crippen LogP contribution in [-0.4, -0.2) is 32.4 Å². The predicted octanol–water partition coefficient (Wildman–Crippen LogP) is 1.22. The Balaban J connectivity index is 2.29. The lowest BCUT2D eigenvalue weighted by Gasteiger charge is -2.06. The van der Waals surface area contributed by atoms with E-state index in [-0.39, 0.29) is 0 Å². The van der Waals surface area contributed by atoms with Gasteiger partial charge >= 0.3 is 0 Å². The average molecular weight is 210 g/mol. The highest BCUT2D eigenvalue weighted by atomic mass is 16.5. The molecule has 0 aliphatic carbocycles. The van der Waals surface area contributed by atoms with Gasteiger partial charge in [0.2, 0.25) is 0 Å². The minimum absolute atomic E-state index is 0.668. The van der Waals surface area contributed by atoms with E-state index in [1.54, 1.807) is 13.3 Å². The van der Waals surface area contributed by atoms with Gasteiger partial charge in [-0.05, 0) is 19.2 Å². The van der Waals surface area contributed by atoms with Crippen LogP contribution in [-0.2, 0) is 11.3 Å². The van der Waals surface area contributed by atoms with Gasteiger partial charge in [-0.25, -0.2) is 0 Å². The van der Waals surface area contributed by atoms with Gasteiger partial charge in [0.15, 0.2) is 0 Å². The summed E-state index contributed by atoms with van der Waals surface area (Å²) < 4.78 is 10.4. The third-order valence-corrected chi connectivity index (χ3v) is 1.92. The molecule has 0 radical (unpaired) electrons. The Labute approximate surface area is 90.6 Å². The van der Waals surface area contributed by atoms with E-state index in [9.17, 15) is 0 Å². The zero-order valence-electron chi connectivity index (χ0n) is 9.32. The van der Waals surface area contributed by atoms with Crippen molar-refractivity contribution in [2.24, 2.45) is 0 Å². The van der Waals surface area contributed by atoms with Gasteiger partial charge in [-0.15, -0.1) is 0 Å². The van der Waals surface area contributed by atoms with Gasteiger partial charge in [0, 0.05) is 26.7 Å². The first-order valence-corrected chi connectivity index (χ1v) is 5.08. The highest BCUT2D eigenvalue weighted by Crippen LogP contribution is 2.09. The number of hydrogen-bond acceptors (Lipinski definition) is 4. The summed E-state index contributed by atoms with van der Waals surface area (Å²) in [6, 6.07) is 3.90. The third-order valence-electron chi connectivity index (χ3n) is 1.92. The van der Waals surface area contributed by atoms with Crippen molar-refractivity contribution in [3.63, 3.8) is 0 Å². The molecule has 0 fully saturated rings. The smallest absolute Gasteiger partial charge is 0.137 e. The van der Waals surface area contributed by atoms with Crippen molar-refractivity contribution in [1.29, 1.82) is 0 Å². The standard InChI is InChI=1S/C11H18N2O2/c1-12-8-10-4-5-11(9-13-10)15-7-3-6-14-2/h4-5,9,12H,3,6-8H2,1-2H3. The number of methoxy groups -OCH3 is 1. The van der Waals surface area contributed by atoms with Crippen molar-refractivity contribution in [3.05, 3.63) is 24.0 Å². The normalized spacial score (nSPS) is 10.3. The summed E-state index contributed by atoms with van der Waals surface area (Å²) in [5, 5.41) is 3.04. The van der Waals surface area contributed by atoms with Gasteiger partial charge in [0.1, 0.15) is 5.75 Å². The lowest BCUT2D eigenvalue weighted by atomic mass is 10.3. The number of ether oxygens (including phenoxy) is 2. The van der Waals surface area contributed by atoms with Crippen LogP contribution in [0.1, 0.15) is 12.1 Å². The second-order valence-electron chi connectivity index (χ2n) is 3.21. The quantitative estimate of drug-likeness (QED) is 0.687. The predicted molar refractivity (Wildman–Crippen MR) is 59.0 cm³/mol. The molecule has 0 bridgehead atoms. The van der Waals surface area contributed by atoms with Gasteiger partial charge in [-0.1, -0.05) is 0 Å². The number of hydrogen-bond donors (Lipinski definition) is 1. The molecule has 0 unspecified atom stereocenters. The molecule has 4 nitrogen and oxygen atoms in total. The van der Waals surface area contributed by atoms with E-state index in [2.05, 4.69) is 10.3 Å². The molecule has 0 amide bonds. The fourth-order valence-corrected chi connectivity index (χ4v) is 1.18. The van der Waals surface area contributed by atoms with Gasteiger partial charge in [0.25, 0.3) is 0 Å². The summed E-state index contributed by atoms with van der Waals surface area (Å²) >= 11 is 0. The molecule has 0 aromatic carbocycles. The van der Waals surface area contributed by atoms with Crippen LogP contribution in [0.5, 0.6) is 5.75 Å². The van der Waals surface area contributed by atoms with Crippen LogP contribution < -0.4 is 10.1 Å². The second-order valence-corrected chi connectivity index (χ2v) is 3.21. The highest BCUT2D eigenvalue weighted by molar-refractivity contribution is 5.19. The van der Waals surface area contributed by atoms with Crippen molar-refractivity contribution in [1.82, 2.24) is 10.3 Å². The first kappa shape index (κ1) is 11.9. The van der Waals surface area contributed by atoms with E-state index in [1.807, 2.05) is 19.2 Å². The molecule has 1 heterocycles. The third kappa shape index (κ3) is 4.76. The van der Waals surface area contributed by atoms with Gasteiger partial charge in [0.05, 0.1) is 18.5 Å². The zero-order valence-corrected chi connectivity index (χ0v) is 9.32. The minimum atomic E-state index is 0.668. The molecule has 0 saturated carbocycles. The largest absolute Gasteiger partial charge is 0.492 e. The number of nitrogens with zero attached hydrogens (tertiary/aromatic N) is 1. The molecule has 1 aromatic heterocycles. The average Bonchev–Trinajstić information content (AvgIpc) is 2.27. The molecule has 1 aromatic rings. The molecule has 0 aliphatic heterocycles. The zero-order chi connectivity index (χ0) is 10.9. The van der Waals surface area contributed by atoms with Crippen LogP contribution in [0.4, 0.5) is 0 Å². The Hall–Kier alpha value is -1.13. The second kappa shape index (κ2) is 7.20. The van der Waals surface area contributed by atoms with Crippen LogP contribution >= 0.6 is 0 Å². The van der Waals surface area contributed by atoms with Crippen molar-refractivity contribution >= 4 is 0 Å². The Morgan fingerprint density at radius 2 is 2.20 bits per heavy atom. The molecule has 0 spiro atoms. The number of rotatable bonds is 7. The number of nitrogens with one attached hydrogen (secondary N) is 1. The van der Waals surface area contributed by atoms with Crippen LogP contribution in [0.25, 0.3) is 0 Å². The Morgan fingerprint density at radius 1 is 1.33 bits per heavy atom. The lowest BCUT2D eigenvalue weighted by molar-refractivity contribution is 0.172. The summed E-state index contributed by atoms with van der Waals surface area (Å²) in [7, 11) is 3.59. The van der Waals surface area contributed by atoms with Gasteiger partial charge in [-0.3, -0.25) is 4.98 Å². The minimum Gasteiger partial charge on any atom is -0.492 e. The molecule has 1 N–H and O–H groups in total. The number of pyridine rings is 1. The highest BCUT2D eigenvalue weighted by Gasteiger charge is 1.95. The molecule has 0 aliphatic rings. The van der Waals surface area contributed by atoms with Crippen LogP contribution in [0, 0.1) is 0 Å². The summed E-state index contributed by atoms with van der Waals surface area (Å²) in [4.78, 5) is 4.25. The van der Waals surface area contributed by atoms with E-state index < -0.39 is 0 Å². The Bertz CT molecular complexity index is 262. The fourth-order valence-electron chi connectivity index (χ4n) is 1.18. The maximum absolute atomic E-state index is 5.48. The molecule has 84 valence electrons. The lowest BCUT2D eigenvalue weighted by Crippen LogP contribution is -2.07. The van der Waals surface area contributed by atoms with Crippen molar-refractivity contribution < 1.29 is 9.47 Å². The van der Waals surface area contributed by atoms with E-state index in [4.69, 9.17) is 9.47 Å². The van der Waals surface area contributed by atoms with Crippen LogP contribution in [0.2, 0.25) is 0 Å². The van der Waals surface area contributed by atoms with E-state index in [0.717, 1.165) is 31.0 Å². The summed E-state index contributed by atoms with van der Waals surface area (Å²) in [6.45, 7) is 2.18. The number of aromatic nitrogens is 1. The maximum atomic E-state index is 5.48. The molecule has 1 rings (SSSR count). The molecule has 0 saturated heterocycles. The molecular formula is C11H18N2O2. The van der Waals surface area contributed by atoms with E-state index >= 15 is 0 Å². The van der Waals surface area contributed by atoms with Crippen molar-refractivity contribution in [3.8, 4) is 5.75 Å². The molecule has 0 atom stereocenters. The summed E-state index contributed by atoms with van der Waals surface area (Å²) in [5.41, 5.74) is 1.02. The maximum Gasteiger partial charge on any atom is 0.137 e. The first-order valence-electron chi connectivity index (χ1n) is 5.08. The fraction of sp³-hybridized carbons (Fsp3) is 0.545. The molecule has 15 heavy (non-hydrogen) atoms. The van der Waals surface area contributed by atoms with Crippen molar-refractivity contribution in [2.45, 2.75) is 13.0 Å². The Morgan fingerprint density at radius 3 is 2.80 bits per heavy atom. The van der Waals surface area contributed by atoms with Crippen LogP contribution in [0.3, 0.4) is 0 Å². The van der Waals surface area contributed by atoms with Gasteiger partial charge < -0.3 is 14.8 Å². The molecule has 4 heteroatoms.